The molecule has 0 fully saturated rings. The highest BCUT2D eigenvalue weighted by Crippen LogP contribution is 2.52. The van der Waals surface area contributed by atoms with Crippen LogP contribution in [0.3, 0.4) is 0 Å². The molecule has 0 radical (unpaired) electrons. The van der Waals surface area contributed by atoms with E-state index in [4.69, 9.17) is 0 Å². The smallest absolute Gasteiger partial charge is 0.0542 e. The first-order valence-electron chi connectivity index (χ1n) is 22.6. The molecule has 0 aliphatic heterocycles. The lowest BCUT2D eigenvalue weighted by Gasteiger charge is -2.28. The average molecular weight is 831 g/mol. The molecule has 2 heteroatoms. The third-order valence-corrected chi connectivity index (χ3v) is 13.6. The molecule has 1 heterocycles. The Morgan fingerprint density at radius 3 is 1.35 bits per heavy atom. The maximum absolute atomic E-state index is 2.45. The number of benzene rings is 10. The van der Waals surface area contributed by atoms with Gasteiger partial charge in [0.25, 0.3) is 0 Å². The molecule has 0 saturated carbocycles. The summed E-state index contributed by atoms with van der Waals surface area (Å²) < 4.78 is 2.39. The largest absolute Gasteiger partial charge is 0.310 e. The number of fused-ring (bicyclic) bond motifs is 6. The van der Waals surface area contributed by atoms with Gasteiger partial charge in [-0.1, -0.05) is 172 Å². The van der Waals surface area contributed by atoms with Crippen molar-refractivity contribution in [3.63, 3.8) is 0 Å². The summed E-state index contributed by atoms with van der Waals surface area (Å²) in [7, 11) is 0. The molecule has 0 amide bonds. The lowest BCUT2D eigenvalue weighted by molar-refractivity contribution is 0.660. The van der Waals surface area contributed by atoms with Crippen LogP contribution in [0.25, 0.3) is 83.1 Å². The van der Waals surface area contributed by atoms with E-state index in [0.29, 0.717) is 0 Å². The quantitative estimate of drug-likeness (QED) is 0.148. The van der Waals surface area contributed by atoms with E-state index in [1.807, 2.05) is 0 Å². The molecule has 1 aromatic heterocycles. The zero-order valence-electron chi connectivity index (χ0n) is 36.5. The molecule has 2 nitrogen and oxygen atoms in total. The van der Waals surface area contributed by atoms with Gasteiger partial charge in [0, 0.05) is 38.9 Å². The molecule has 10 aromatic carbocycles. The Balaban J connectivity index is 1.01. The van der Waals surface area contributed by atoms with Crippen LogP contribution >= 0.6 is 0 Å². The van der Waals surface area contributed by atoms with Gasteiger partial charge in [0.05, 0.1) is 11.0 Å². The number of hydrogen-bond donors (Lipinski definition) is 0. The Morgan fingerprint density at radius 1 is 0.308 bits per heavy atom. The van der Waals surface area contributed by atoms with Gasteiger partial charge in [0.2, 0.25) is 0 Å². The minimum absolute atomic E-state index is 0.200. The van der Waals surface area contributed by atoms with Crippen LogP contribution < -0.4 is 4.90 Å². The van der Waals surface area contributed by atoms with E-state index in [1.54, 1.807) is 0 Å². The Labute approximate surface area is 381 Å². The Kier molecular flexibility index (Phi) is 9.21. The summed E-state index contributed by atoms with van der Waals surface area (Å²) in [6.07, 6.45) is 0. The highest BCUT2D eigenvalue weighted by molar-refractivity contribution is 6.10. The van der Waals surface area contributed by atoms with Gasteiger partial charge >= 0.3 is 0 Å². The van der Waals surface area contributed by atoms with E-state index in [0.717, 1.165) is 22.7 Å². The Morgan fingerprint density at radius 2 is 0.738 bits per heavy atom. The third-order valence-electron chi connectivity index (χ3n) is 13.6. The molecule has 0 atom stereocenters. The molecule has 11 aromatic rings. The molecule has 1 aliphatic rings. The highest BCUT2D eigenvalue weighted by Gasteiger charge is 2.36. The number of aromatic nitrogens is 1. The summed E-state index contributed by atoms with van der Waals surface area (Å²) >= 11 is 0. The van der Waals surface area contributed by atoms with Crippen molar-refractivity contribution in [2.24, 2.45) is 0 Å². The van der Waals surface area contributed by atoms with Crippen LogP contribution in [0.4, 0.5) is 17.1 Å². The molecule has 0 bridgehead atoms. The fourth-order valence-corrected chi connectivity index (χ4v) is 10.3. The van der Waals surface area contributed by atoms with Crippen LogP contribution in [0.2, 0.25) is 0 Å². The monoisotopic (exact) mass is 830 g/mol. The summed E-state index contributed by atoms with van der Waals surface area (Å²) in [5.41, 5.74) is 21.7. The molecule has 1 aliphatic carbocycles. The Bertz CT molecular complexity index is 3470. The van der Waals surface area contributed by atoms with Crippen molar-refractivity contribution in [3.8, 4) is 61.3 Å². The molecule has 0 spiro atoms. The van der Waals surface area contributed by atoms with Crippen LogP contribution in [0.1, 0.15) is 25.0 Å². The topological polar surface area (TPSA) is 8.17 Å². The molecule has 0 saturated heterocycles. The van der Waals surface area contributed by atoms with Crippen molar-refractivity contribution in [1.82, 2.24) is 4.57 Å². The van der Waals surface area contributed by atoms with Crippen molar-refractivity contribution in [2.75, 3.05) is 4.90 Å². The van der Waals surface area contributed by atoms with Gasteiger partial charge in [-0.15, -0.1) is 0 Å². The van der Waals surface area contributed by atoms with Crippen molar-refractivity contribution in [1.29, 1.82) is 0 Å². The predicted molar refractivity (Wildman–Crippen MR) is 275 cm³/mol. The highest BCUT2D eigenvalue weighted by atomic mass is 15.1. The van der Waals surface area contributed by atoms with E-state index in [9.17, 15) is 0 Å². The van der Waals surface area contributed by atoms with Crippen molar-refractivity contribution in [3.05, 3.63) is 254 Å². The van der Waals surface area contributed by atoms with Gasteiger partial charge in [-0.2, -0.15) is 0 Å². The molecule has 65 heavy (non-hydrogen) atoms. The molecular weight excluding hydrogens is 785 g/mol. The van der Waals surface area contributed by atoms with Gasteiger partial charge in [0.15, 0.2) is 0 Å². The minimum Gasteiger partial charge on any atom is -0.310 e. The van der Waals surface area contributed by atoms with Crippen LogP contribution in [0, 0.1) is 0 Å². The molecule has 12 rings (SSSR count). The fraction of sp³-hybridized carbons (Fsp3) is 0.0476. The average Bonchev–Trinajstić information content (AvgIpc) is 3.82. The summed E-state index contributed by atoms with van der Waals surface area (Å²) in [6.45, 7) is 4.76. The van der Waals surface area contributed by atoms with E-state index >= 15 is 0 Å². The fourth-order valence-electron chi connectivity index (χ4n) is 10.3. The van der Waals surface area contributed by atoms with Crippen molar-refractivity contribution >= 4 is 38.9 Å². The van der Waals surface area contributed by atoms with E-state index in [-0.39, 0.29) is 5.41 Å². The van der Waals surface area contributed by atoms with Crippen molar-refractivity contribution < 1.29 is 0 Å². The molecular formula is C63H46N2. The van der Waals surface area contributed by atoms with Gasteiger partial charge < -0.3 is 9.47 Å². The molecule has 308 valence electrons. The van der Waals surface area contributed by atoms with Crippen LogP contribution in [0.15, 0.2) is 243 Å². The third kappa shape index (κ3) is 6.65. The van der Waals surface area contributed by atoms with Gasteiger partial charge in [-0.3, -0.25) is 0 Å². The number of nitrogens with zero attached hydrogens (tertiary/aromatic N) is 2. The van der Waals surface area contributed by atoms with Gasteiger partial charge in [0.1, 0.15) is 0 Å². The summed E-state index contributed by atoms with van der Waals surface area (Å²) in [5.74, 6) is 0. The zero-order chi connectivity index (χ0) is 43.5. The number of hydrogen-bond acceptors (Lipinski definition) is 1. The number of para-hydroxylation sites is 2. The SMILES string of the molecule is CC1(C)c2cc(-c3ccccc3)ccc2-c2ccc(N(c3ccc(-c4cc(-c5ccccc5)cc(-c5ccccc5)c4)cc3)c3ccc4c(c3)c3ccccc3n4-c3ccccc3)cc21. The first kappa shape index (κ1) is 38.5. The molecule has 0 unspecified atom stereocenters. The van der Waals surface area contributed by atoms with Gasteiger partial charge in [-0.25, -0.2) is 0 Å². The summed E-state index contributed by atoms with van der Waals surface area (Å²) in [6, 6.07) is 88.9. The Hall–Kier alpha value is -8.20. The second kappa shape index (κ2) is 15.6. The number of anilines is 3. The van der Waals surface area contributed by atoms with Gasteiger partial charge in [-0.05, 0) is 152 Å². The maximum Gasteiger partial charge on any atom is 0.0542 e. The summed E-state index contributed by atoms with van der Waals surface area (Å²) in [5, 5.41) is 2.45. The lowest BCUT2D eigenvalue weighted by atomic mass is 9.81. The predicted octanol–water partition coefficient (Wildman–Crippen LogP) is 17.2. The summed E-state index contributed by atoms with van der Waals surface area (Å²) in [4.78, 5) is 2.45. The second-order valence-corrected chi connectivity index (χ2v) is 17.8. The first-order valence-corrected chi connectivity index (χ1v) is 22.6. The van der Waals surface area contributed by atoms with E-state index in [1.165, 1.54) is 88.6 Å². The van der Waals surface area contributed by atoms with Crippen molar-refractivity contribution in [2.45, 2.75) is 19.3 Å². The second-order valence-electron chi connectivity index (χ2n) is 17.8. The van der Waals surface area contributed by atoms with E-state index < -0.39 is 0 Å². The standard InChI is InChI=1S/C63H46N2/c1-63(2)59-40-47(43-17-7-3-8-18-43)29-34-55(59)56-35-32-54(42-60(56)63)64(53-33-36-62-58(41-53)57-25-15-16-26-61(57)65(62)51-23-13-6-14-24-51)52-30-27-46(28-31-52)50-38-48(44-19-9-4-10-20-44)37-49(39-50)45-21-11-5-12-22-45/h3-42H,1-2H3. The minimum atomic E-state index is -0.200. The van der Waals surface area contributed by atoms with Crippen LogP contribution in [-0.4, -0.2) is 4.57 Å². The normalized spacial score (nSPS) is 12.6. The zero-order valence-corrected chi connectivity index (χ0v) is 36.5. The number of rotatable bonds is 8. The van der Waals surface area contributed by atoms with E-state index in [2.05, 4.69) is 266 Å². The van der Waals surface area contributed by atoms with Crippen LogP contribution in [0.5, 0.6) is 0 Å². The first-order chi connectivity index (χ1) is 32.0. The lowest BCUT2D eigenvalue weighted by Crippen LogP contribution is -2.16. The molecule has 0 N–H and O–H groups in total. The maximum atomic E-state index is 2.45. The van der Waals surface area contributed by atoms with Crippen LogP contribution in [-0.2, 0) is 5.41 Å².